The molecule has 1 saturated heterocycles. The highest BCUT2D eigenvalue weighted by Gasteiger charge is 2.20. The van der Waals surface area contributed by atoms with Crippen LogP contribution in [-0.4, -0.2) is 49.0 Å². The smallest absolute Gasteiger partial charge is 0.223 e. The minimum absolute atomic E-state index is 0.224. The Morgan fingerprint density at radius 1 is 1.26 bits per heavy atom. The van der Waals surface area contributed by atoms with E-state index in [9.17, 15) is 4.79 Å². The van der Waals surface area contributed by atoms with E-state index in [0.29, 0.717) is 18.9 Å². The summed E-state index contributed by atoms with van der Waals surface area (Å²) in [6.45, 7) is 3.57. The van der Waals surface area contributed by atoms with Gasteiger partial charge in [0.2, 0.25) is 5.91 Å². The van der Waals surface area contributed by atoms with Gasteiger partial charge in [-0.05, 0) is 50.5 Å². The van der Waals surface area contributed by atoms with Crippen molar-refractivity contribution in [2.75, 3.05) is 37.4 Å². The lowest BCUT2D eigenvalue weighted by molar-refractivity contribution is -0.131. The van der Waals surface area contributed by atoms with E-state index < -0.39 is 0 Å². The molecule has 1 aliphatic heterocycles. The summed E-state index contributed by atoms with van der Waals surface area (Å²) in [6.07, 6.45) is 6.12. The molecule has 27 heavy (non-hydrogen) atoms. The predicted molar refractivity (Wildman–Crippen MR) is 108 cm³/mol. The van der Waals surface area contributed by atoms with Crippen molar-refractivity contribution in [1.29, 1.82) is 0 Å². The first-order valence-electron chi connectivity index (χ1n) is 9.74. The van der Waals surface area contributed by atoms with Gasteiger partial charge in [0.1, 0.15) is 17.3 Å². The van der Waals surface area contributed by atoms with Gasteiger partial charge in [-0.3, -0.25) is 4.79 Å². The van der Waals surface area contributed by atoms with Gasteiger partial charge in [-0.2, -0.15) is 0 Å². The zero-order chi connectivity index (χ0) is 19.2. The Morgan fingerprint density at radius 2 is 2.11 bits per heavy atom. The first kappa shape index (κ1) is 19.3. The van der Waals surface area contributed by atoms with Gasteiger partial charge in [0.15, 0.2) is 0 Å². The molecule has 0 aromatic carbocycles. The molecule has 1 amide bonds. The summed E-state index contributed by atoms with van der Waals surface area (Å²) in [5.41, 5.74) is 1.04. The molecular weight excluding hydrogens is 340 g/mol. The zero-order valence-electron chi connectivity index (χ0n) is 16.6. The molecule has 1 fully saturated rings. The van der Waals surface area contributed by atoms with Crippen molar-refractivity contribution in [3.05, 3.63) is 42.0 Å². The second-order valence-electron chi connectivity index (χ2n) is 7.46. The van der Waals surface area contributed by atoms with Crippen LogP contribution in [0, 0.1) is 6.92 Å². The van der Waals surface area contributed by atoms with E-state index in [1.54, 1.807) is 0 Å². The zero-order valence-corrected chi connectivity index (χ0v) is 16.6. The van der Waals surface area contributed by atoms with Crippen molar-refractivity contribution in [1.82, 2.24) is 9.88 Å². The first-order valence-corrected chi connectivity index (χ1v) is 9.74. The normalized spacial score (nSPS) is 17.4. The minimum Gasteiger partial charge on any atom is -0.466 e. The van der Waals surface area contributed by atoms with Gasteiger partial charge >= 0.3 is 0 Å². The lowest BCUT2D eigenvalue weighted by Crippen LogP contribution is -2.32. The molecule has 0 spiro atoms. The Kier molecular flexibility index (Phi) is 6.37. The van der Waals surface area contributed by atoms with E-state index in [4.69, 9.17) is 4.42 Å². The van der Waals surface area contributed by atoms with Crippen LogP contribution in [-0.2, 0) is 11.2 Å². The third-order valence-corrected chi connectivity index (χ3v) is 5.04. The summed E-state index contributed by atoms with van der Waals surface area (Å²) >= 11 is 0. The van der Waals surface area contributed by atoms with Gasteiger partial charge in [-0.1, -0.05) is 0 Å². The molecule has 1 atom stereocenters. The number of amides is 1. The number of anilines is 2. The molecule has 146 valence electrons. The molecule has 0 unspecified atom stereocenters. The number of likely N-dealkylation sites (tertiary alicyclic amines) is 1. The first-order chi connectivity index (χ1) is 13.0. The van der Waals surface area contributed by atoms with Gasteiger partial charge in [-0.15, -0.1) is 0 Å². The Bertz CT molecular complexity index is 739. The van der Waals surface area contributed by atoms with E-state index in [1.165, 1.54) is 0 Å². The van der Waals surface area contributed by atoms with Crippen LogP contribution in [0.3, 0.4) is 0 Å². The molecular formula is C21H30N4O2. The van der Waals surface area contributed by atoms with Crippen LogP contribution in [0.4, 0.5) is 11.5 Å². The molecule has 1 aliphatic rings. The molecule has 2 aromatic heterocycles. The van der Waals surface area contributed by atoms with Crippen molar-refractivity contribution >= 4 is 17.4 Å². The van der Waals surface area contributed by atoms with E-state index >= 15 is 0 Å². The maximum atomic E-state index is 12.5. The van der Waals surface area contributed by atoms with Crippen molar-refractivity contribution in [3.8, 4) is 0 Å². The number of aromatic nitrogens is 1. The number of hydrogen-bond acceptors (Lipinski definition) is 5. The highest BCUT2D eigenvalue weighted by molar-refractivity contribution is 5.76. The van der Waals surface area contributed by atoms with Gasteiger partial charge in [0.25, 0.3) is 0 Å². The molecule has 0 saturated carbocycles. The summed E-state index contributed by atoms with van der Waals surface area (Å²) in [5.74, 6) is 2.96. The minimum atomic E-state index is 0.224. The summed E-state index contributed by atoms with van der Waals surface area (Å²) in [5, 5.41) is 3.57. The Morgan fingerprint density at radius 3 is 2.78 bits per heavy atom. The van der Waals surface area contributed by atoms with Gasteiger partial charge < -0.3 is 19.5 Å². The topological polar surface area (TPSA) is 61.6 Å². The summed E-state index contributed by atoms with van der Waals surface area (Å²) in [4.78, 5) is 21.0. The maximum Gasteiger partial charge on any atom is 0.223 e. The van der Waals surface area contributed by atoms with Crippen LogP contribution in [0.2, 0.25) is 0 Å². The lowest BCUT2D eigenvalue weighted by Gasteiger charge is -2.21. The summed E-state index contributed by atoms with van der Waals surface area (Å²) in [6, 6.07) is 8.37. The average molecular weight is 370 g/mol. The fraction of sp³-hybridized carbons (Fsp3) is 0.524. The van der Waals surface area contributed by atoms with Crippen LogP contribution >= 0.6 is 0 Å². The number of pyridine rings is 1. The molecule has 0 bridgehead atoms. The van der Waals surface area contributed by atoms with Crippen LogP contribution in [0.1, 0.15) is 37.2 Å². The van der Waals surface area contributed by atoms with Crippen LogP contribution in [0.5, 0.6) is 0 Å². The number of aryl methyl sites for hydroxylation is 2. The van der Waals surface area contributed by atoms with Gasteiger partial charge in [0, 0.05) is 46.1 Å². The Hall–Kier alpha value is -2.50. The fourth-order valence-electron chi connectivity index (χ4n) is 3.47. The highest BCUT2D eigenvalue weighted by Crippen LogP contribution is 2.19. The molecule has 3 rings (SSSR count). The fourth-order valence-corrected chi connectivity index (χ4v) is 3.47. The second kappa shape index (κ2) is 8.93. The lowest BCUT2D eigenvalue weighted by atomic mass is 10.1. The van der Waals surface area contributed by atoms with Crippen LogP contribution in [0.15, 0.2) is 34.9 Å². The number of nitrogens with zero attached hydrogens (tertiary/aromatic N) is 3. The average Bonchev–Trinajstić information content (AvgIpc) is 2.93. The van der Waals surface area contributed by atoms with Crippen molar-refractivity contribution in [2.24, 2.45) is 0 Å². The molecule has 6 heteroatoms. The highest BCUT2D eigenvalue weighted by atomic mass is 16.3. The van der Waals surface area contributed by atoms with E-state index in [2.05, 4.69) is 16.4 Å². The van der Waals surface area contributed by atoms with Crippen LogP contribution in [0.25, 0.3) is 0 Å². The van der Waals surface area contributed by atoms with Crippen LogP contribution < -0.4 is 10.2 Å². The molecule has 0 radical (unpaired) electrons. The standard InChI is InChI=1S/C21H30N4O2/c1-16-6-8-19(27-16)9-11-21(26)25-13-4-5-17(12-14-25)23-18-7-10-20(22-15-18)24(2)3/h6-8,10,15,17,23H,4-5,9,11-14H2,1-3H3/t17-/m0/s1. The number of carbonyl (C=O) groups excluding carboxylic acids is 1. The number of carbonyl (C=O) groups is 1. The quantitative estimate of drug-likeness (QED) is 0.844. The summed E-state index contributed by atoms with van der Waals surface area (Å²) < 4.78 is 5.56. The van der Waals surface area contributed by atoms with Crippen molar-refractivity contribution in [2.45, 2.75) is 45.1 Å². The Balaban J connectivity index is 1.47. The number of furan rings is 1. The second-order valence-corrected chi connectivity index (χ2v) is 7.46. The van der Waals surface area contributed by atoms with E-state index in [-0.39, 0.29) is 5.91 Å². The van der Waals surface area contributed by atoms with Crippen molar-refractivity contribution < 1.29 is 9.21 Å². The maximum absolute atomic E-state index is 12.5. The van der Waals surface area contributed by atoms with Gasteiger partial charge in [0.05, 0.1) is 11.9 Å². The van der Waals surface area contributed by atoms with E-state index in [1.807, 2.05) is 55.2 Å². The van der Waals surface area contributed by atoms with Gasteiger partial charge in [-0.25, -0.2) is 4.98 Å². The third-order valence-electron chi connectivity index (χ3n) is 5.04. The Labute approximate surface area is 161 Å². The largest absolute Gasteiger partial charge is 0.466 e. The molecule has 2 aromatic rings. The molecule has 3 heterocycles. The number of nitrogens with one attached hydrogen (secondary N) is 1. The summed E-state index contributed by atoms with van der Waals surface area (Å²) in [7, 11) is 3.97. The SMILES string of the molecule is Cc1ccc(CCC(=O)N2CCC[C@H](Nc3ccc(N(C)C)nc3)CC2)o1. The monoisotopic (exact) mass is 370 g/mol. The molecule has 1 N–H and O–H groups in total. The predicted octanol–water partition coefficient (Wildman–Crippen LogP) is 3.47. The number of rotatable bonds is 6. The molecule has 0 aliphatic carbocycles. The number of hydrogen-bond donors (Lipinski definition) is 1. The molecule has 6 nitrogen and oxygen atoms in total. The third kappa shape index (κ3) is 5.49. The van der Waals surface area contributed by atoms with E-state index in [0.717, 1.165) is 55.4 Å². The van der Waals surface area contributed by atoms with Crippen molar-refractivity contribution in [3.63, 3.8) is 0 Å².